The van der Waals surface area contributed by atoms with Crippen molar-refractivity contribution in [1.82, 2.24) is 4.90 Å². The second-order valence-corrected chi connectivity index (χ2v) is 14.7. The van der Waals surface area contributed by atoms with Gasteiger partial charge in [-0.25, -0.2) is 4.79 Å². The Morgan fingerprint density at radius 1 is 0.978 bits per heavy atom. The third-order valence-corrected chi connectivity index (χ3v) is 11.4. The van der Waals surface area contributed by atoms with E-state index >= 15 is 0 Å². The molecule has 2 bridgehead atoms. The van der Waals surface area contributed by atoms with Crippen LogP contribution in [-0.2, 0) is 30.9 Å². The van der Waals surface area contributed by atoms with Crippen LogP contribution in [-0.4, -0.2) is 59.4 Å². The molecule has 1 aromatic carbocycles. The van der Waals surface area contributed by atoms with Crippen molar-refractivity contribution in [2.24, 2.45) is 0 Å². The molecule has 2 heterocycles. The summed E-state index contributed by atoms with van der Waals surface area (Å²) < 4.78 is 18.0. The number of piperidine rings is 1. The van der Waals surface area contributed by atoms with Gasteiger partial charge >= 0.3 is 11.9 Å². The lowest BCUT2D eigenvalue weighted by molar-refractivity contribution is -0.175. The van der Waals surface area contributed by atoms with Crippen LogP contribution in [0.3, 0.4) is 0 Å². The van der Waals surface area contributed by atoms with Gasteiger partial charge in [-0.15, -0.1) is 0 Å². The van der Waals surface area contributed by atoms with E-state index in [0.717, 1.165) is 49.1 Å². The van der Waals surface area contributed by atoms with Crippen molar-refractivity contribution < 1.29 is 28.9 Å². The third-order valence-electron chi connectivity index (χ3n) is 11.4. The van der Waals surface area contributed by atoms with Gasteiger partial charge in [0, 0.05) is 24.4 Å². The summed E-state index contributed by atoms with van der Waals surface area (Å²) in [5.41, 5.74) is 1.63. The smallest absolute Gasteiger partial charge is 0.352 e. The molecule has 0 aromatic heterocycles. The molecular weight excluding hydrogens is 578 g/mol. The van der Waals surface area contributed by atoms with Crippen molar-refractivity contribution >= 4 is 11.9 Å². The van der Waals surface area contributed by atoms with Gasteiger partial charge in [0.05, 0.1) is 11.0 Å². The minimum absolute atomic E-state index is 0.0402. The molecule has 5 atom stereocenters. The molecule has 1 aromatic rings. The van der Waals surface area contributed by atoms with Gasteiger partial charge in [0.1, 0.15) is 11.5 Å². The number of nitrogens with zero attached hydrogens (tertiary/aromatic N) is 1. The molecule has 7 nitrogen and oxygen atoms in total. The van der Waals surface area contributed by atoms with Crippen molar-refractivity contribution in [3.8, 4) is 5.75 Å². The molecule has 256 valence electrons. The Balaban J connectivity index is 1.02. The van der Waals surface area contributed by atoms with Crippen LogP contribution in [0, 0.1) is 6.92 Å². The molecule has 46 heavy (non-hydrogen) atoms. The van der Waals surface area contributed by atoms with Gasteiger partial charge in [0.15, 0.2) is 12.2 Å². The Morgan fingerprint density at radius 3 is 2.22 bits per heavy atom. The fraction of sp³-hybridized carbons (Fsp3) is 0.744. The van der Waals surface area contributed by atoms with E-state index in [9.17, 15) is 14.7 Å². The third kappa shape index (κ3) is 7.06. The van der Waals surface area contributed by atoms with Crippen LogP contribution in [0.5, 0.6) is 5.75 Å². The predicted octanol–water partition coefficient (Wildman–Crippen LogP) is 8.01. The Kier molecular flexibility index (Phi) is 11.9. The van der Waals surface area contributed by atoms with Gasteiger partial charge in [0.25, 0.3) is 0 Å². The molecule has 5 rings (SSSR count). The number of aliphatic hydroxyl groups is 1. The highest BCUT2D eigenvalue weighted by Gasteiger charge is 2.71. The predicted molar refractivity (Wildman–Crippen MR) is 181 cm³/mol. The van der Waals surface area contributed by atoms with Gasteiger partial charge in [-0.2, -0.15) is 0 Å². The normalized spacial score (nSPS) is 26.6. The van der Waals surface area contributed by atoms with Crippen molar-refractivity contribution in [1.29, 1.82) is 0 Å². The first-order valence-electron chi connectivity index (χ1n) is 18.6. The number of ether oxygens (including phenoxy) is 3. The van der Waals surface area contributed by atoms with Crippen LogP contribution in [0.15, 0.2) is 24.0 Å². The quantitative estimate of drug-likeness (QED) is 0.122. The van der Waals surface area contributed by atoms with Gasteiger partial charge in [-0.1, -0.05) is 109 Å². The SMILES string of the molecule is CCCCCCCCCCCCCCCCCC(=O)O[C@@H](C)C(=O)OC1=CC[C@@]2(O)[C@H]3Cc4ccc(C)c5c4[C@@]2(CCN3C)[C@H]1O5. The first-order valence-corrected chi connectivity index (χ1v) is 18.6. The molecule has 2 aliphatic heterocycles. The molecule has 0 radical (unpaired) electrons. The number of unbranched alkanes of at least 4 members (excludes halogenated alkanes) is 14. The Morgan fingerprint density at radius 2 is 1.59 bits per heavy atom. The summed E-state index contributed by atoms with van der Waals surface area (Å²) in [6.45, 7) is 6.70. The van der Waals surface area contributed by atoms with Gasteiger partial charge in [-0.3, -0.25) is 4.79 Å². The summed E-state index contributed by atoms with van der Waals surface area (Å²) in [4.78, 5) is 28.0. The van der Waals surface area contributed by atoms with Crippen LogP contribution < -0.4 is 4.74 Å². The van der Waals surface area contributed by atoms with Crippen LogP contribution >= 0.6 is 0 Å². The Bertz CT molecular complexity index is 1240. The zero-order valence-electron chi connectivity index (χ0n) is 29.0. The molecule has 0 amide bonds. The number of likely N-dealkylation sites (N-methyl/N-ethyl adjacent to an activating group) is 1. The van der Waals surface area contributed by atoms with E-state index in [1.807, 2.05) is 13.0 Å². The second-order valence-electron chi connectivity index (χ2n) is 14.7. The topological polar surface area (TPSA) is 85.3 Å². The maximum Gasteiger partial charge on any atom is 0.352 e. The van der Waals surface area contributed by atoms with E-state index in [1.165, 1.54) is 82.6 Å². The molecule has 0 unspecified atom stereocenters. The summed E-state index contributed by atoms with van der Waals surface area (Å²) in [6, 6.07) is 4.21. The second kappa shape index (κ2) is 15.7. The van der Waals surface area contributed by atoms with Gasteiger partial charge < -0.3 is 24.2 Å². The van der Waals surface area contributed by atoms with E-state index < -0.39 is 29.2 Å². The van der Waals surface area contributed by atoms with Crippen molar-refractivity contribution in [3.63, 3.8) is 0 Å². The molecule has 2 aliphatic carbocycles. The van der Waals surface area contributed by atoms with Crippen LogP contribution in [0.4, 0.5) is 0 Å². The number of hydrogen-bond donors (Lipinski definition) is 1. The Hall–Kier alpha value is -2.38. The van der Waals surface area contributed by atoms with E-state index in [0.29, 0.717) is 25.0 Å². The van der Waals surface area contributed by atoms with Crippen molar-refractivity contribution in [2.45, 2.75) is 172 Å². The number of rotatable bonds is 19. The highest BCUT2D eigenvalue weighted by atomic mass is 16.6. The minimum Gasteiger partial charge on any atom is -0.481 e. The lowest BCUT2D eigenvalue weighted by Gasteiger charge is -2.61. The largest absolute Gasteiger partial charge is 0.481 e. The number of likely N-dealkylation sites (tertiary alicyclic amines) is 1. The van der Waals surface area contributed by atoms with E-state index in [1.54, 1.807) is 6.92 Å². The monoisotopic (exact) mass is 637 g/mol. The fourth-order valence-corrected chi connectivity index (χ4v) is 8.73. The molecule has 0 saturated carbocycles. The number of carbonyl (C=O) groups is 2. The molecule has 1 saturated heterocycles. The minimum atomic E-state index is -1.02. The number of carbonyl (C=O) groups excluding carboxylic acids is 2. The lowest BCUT2D eigenvalue weighted by Crippen LogP contribution is -2.74. The zero-order chi connectivity index (χ0) is 32.7. The van der Waals surface area contributed by atoms with Crippen LogP contribution in [0.2, 0.25) is 0 Å². The van der Waals surface area contributed by atoms with Gasteiger partial charge in [-0.05, 0) is 63.9 Å². The Labute approximate surface area is 277 Å². The number of benzene rings is 1. The molecule has 1 N–H and O–H groups in total. The average Bonchev–Trinajstić information content (AvgIpc) is 3.40. The summed E-state index contributed by atoms with van der Waals surface area (Å²) in [5.74, 6) is 0.275. The van der Waals surface area contributed by atoms with E-state index in [2.05, 4.69) is 31.0 Å². The summed E-state index contributed by atoms with van der Waals surface area (Å²) in [5, 5.41) is 12.3. The highest BCUT2D eigenvalue weighted by Crippen LogP contribution is 2.64. The summed E-state index contributed by atoms with van der Waals surface area (Å²) in [7, 11) is 2.08. The molecule has 1 fully saturated rings. The first kappa shape index (κ1) is 34.9. The maximum atomic E-state index is 13.2. The number of esters is 2. The molecule has 1 spiro atoms. The van der Waals surface area contributed by atoms with Crippen LogP contribution in [0.25, 0.3) is 0 Å². The number of hydrogen-bond acceptors (Lipinski definition) is 7. The fourth-order valence-electron chi connectivity index (χ4n) is 8.73. The zero-order valence-corrected chi connectivity index (χ0v) is 29.0. The number of aryl methyl sites for hydroxylation is 1. The van der Waals surface area contributed by atoms with E-state index in [-0.39, 0.29) is 12.0 Å². The van der Waals surface area contributed by atoms with Crippen molar-refractivity contribution in [2.75, 3.05) is 13.6 Å². The molecule has 7 heteroatoms. The van der Waals surface area contributed by atoms with Crippen LogP contribution in [0.1, 0.15) is 146 Å². The van der Waals surface area contributed by atoms with Crippen molar-refractivity contribution in [3.05, 3.63) is 40.7 Å². The maximum absolute atomic E-state index is 13.2. The molecule has 4 aliphatic rings. The van der Waals surface area contributed by atoms with Gasteiger partial charge in [0.2, 0.25) is 0 Å². The lowest BCUT2D eigenvalue weighted by atomic mass is 9.50. The summed E-state index contributed by atoms with van der Waals surface area (Å²) >= 11 is 0. The standard InChI is InChI=1S/C39H59NO6/c1-5-6-7-8-9-10-11-12-13-14-15-16-17-18-19-20-33(41)44-29(3)37(42)45-31-23-24-39(43)32-27-30-22-21-28(2)35-34(30)38(39,36(31)46-35)25-26-40(32)4/h21-23,29,32,36,43H,5-20,24-27H2,1-4H3/t29-,32+,36-,38-,39+/m0/s1. The summed E-state index contributed by atoms with van der Waals surface area (Å²) in [6.07, 6.45) is 21.5. The van der Waals surface area contributed by atoms with E-state index in [4.69, 9.17) is 14.2 Å². The molecular formula is C39H59NO6. The highest BCUT2D eigenvalue weighted by molar-refractivity contribution is 5.80. The first-order chi connectivity index (χ1) is 22.2. The average molecular weight is 638 g/mol.